The van der Waals surface area contributed by atoms with E-state index in [0.717, 1.165) is 6.42 Å². The van der Waals surface area contributed by atoms with E-state index < -0.39 is 0 Å². The first-order chi connectivity index (χ1) is 7.47. The molecule has 2 atom stereocenters. The number of rotatable bonds is 6. The largest absolute Gasteiger partial charge is 0.383 e. The van der Waals surface area contributed by atoms with Crippen molar-refractivity contribution in [2.45, 2.75) is 58.0 Å². The molecule has 0 saturated heterocycles. The number of nitrogens with two attached hydrogens (primary N) is 1. The number of hydrogen-bond acceptors (Lipinski definition) is 3. The topological polar surface area (TPSA) is 47.3 Å². The minimum absolute atomic E-state index is 0.0279. The molecule has 3 heteroatoms. The molecule has 1 rings (SSSR count). The Bertz CT molecular complexity index is 212. The van der Waals surface area contributed by atoms with E-state index in [1.807, 2.05) is 0 Å². The molecule has 1 saturated carbocycles. The standard InChI is InChI=1S/C13H28N2O/c1-5-13(9-14,10-16-4)15-11-6-7-12(2,3)8-11/h11,15H,5-10,14H2,1-4H3. The van der Waals surface area contributed by atoms with Crippen LogP contribution < -0.4 is 11.1 Å². The van der Waals surface area contributed by atoms with Gasteiger partial charge in [-0.3, -0.25) is 0 Å². The second-order valence-electron chi connectivity index (χ2n) is 6.02. The highest BCUT2D eigenvalue weighted by atomic mass is 16.5. The lowest BCUT2D eigenvalue weighted by molar-refractivity contribution is 0.100. The van der Waals surface area contributed by atoms with Gasteiger partial charge >= 0.3 is 0 Å². The summed E-state index contributed by atoms with van der Waals surface area (Å²) in [5.41, 5.74) is 6.36. The molecule has 96 valence electrons. The van der Waals surface area contributed by atoms with E-state index in [-0.39, 0.29) is 5.54 Å². The van der Waals surface area contributed by atoms with Crippen molar-refractivity contribution in [3.05, 3.63) is 0 Å². The Morgan fingerprint density at radius 3 is 2.56 bits per heavy atom. The Morgan fingerprint density at radius 1 is 1.50 bits per heavy atom. The van der Waals surface area contributed by atoms with Gasteiger partial charge in [-0.05, 0) is 31.1 Å². The molecule has 0 amide bonds. The van der Waals surface area contributed by atoms with Gasteiger partial charge in [0.05, 0.1) is 12.1 Å². The molecule has 1 fully saturated rings. The molecule has 2 unspecified atom stereocenters. The average molecular weight is 228 g/mol. The van der Waals surface area contributed by atoms with Crippen LogP contribution in [0.3, 0.4) is 0 Å². The molecule has 0 aromatic carbocycles. The molecule has 0 aliphatic heterocycles. The van der Waals surface area contributed by atoms with Crippen molar-refractivity contribution in [2.75, 3.05) is 20.3 Å². The summed E-state index contributed by atoms with van der Waals surface area (Å²) in [7, 11) is 1.75. The highest BCUT2D eigenvalue weighted by Gasteiger charge is 2.36. The molecule has 3 nitrogen and oxygen atoms in total. The van der Waals surface area contributed by atoms with Crippen molar-refractivity contribution in [3.63, 3.8) is 0 Å². The molecule has 3 N–H and O–H groups in total. The number of ether oxygens (including phenoxy) is 1. The average Bonchev–Trinajstić information content (AvgIpc) is 2.57. The highest BCUT2D eigenvalue weighted by Crippen LogP contribution is 2.37. The zero-order valence-corrected chi connectivity index (χ0v) is 11.3. The zero-order valence-electron chi connectivity index (χ0n) is 11.3. The quantitative estimate of drug-likeness (QED) is 0.730. The van der Waals surface area contributed by atoms with Crippen LogP contribution in [0.2, 0.25) is 0 Å². The van der Waals surface area contributed by atoms with Gasteiger partial charge in [0.2, 0.25) is 0 Å². The fourth-order valence-electron chi connectivity index (χ4n) is 2.78. The van der Waals surface area contributed by atoms with E-state index in [9.17, 15) is 0 Å². The van der Waals surface area contributed by atoms with Crippen LogP contribution in [0.4, 0.5) is 0 Å². The van der Waals surface area contributed by atoms with E-state index in [4.69, 9.17) is 10.5 Å². The lowest BCUT2D eigenvalue weighted by atomic mass is 9.91. The highest BCUT2D eigenvalue weighted by molar-refractivity contribution is 4.95. The van der Waals surface area contributed by atoms with Crippen LogP contribution in [-0.4, -0.2) is 31.8 Å². The van der Waals surface area contributed by atoms with E-state index in [0.29, 0.717) is 24.6 Å². The molecular weight excluding hydrogens is 200 g/mol. The molecular formula is C13H28N2O. The van der Waals surface area contributed by atoms with Crippen LogP contribution in [0, 0.1) is 5.41 Å². The summed E-state index contributed by atoms with van der Waals surface area (Å²) in [5, 5.41) is 3.74. The number of hydrogen-bond donors (Lipinski definition) is 2. The minimum atomic E-state index is -0.0279. The predicted octanol–water partition coefficient (Wildman–Crippen LogP) is 1.91. The van der Waals surface area contributed by atoms with Crippen LogP contribution >= 0.6 is 0 Å². The SMILES string of the molecule is CCC(CN)(COC)NC1CCC(C)(C)C1. The summed E-state index contributed by atoms with van der Waals surface area (Å²) in [6, 6.07) is 0.605. The predicted molar refractivity (Wildman–Crippen MR) is 68.5 cm³/mol. The third kappa shape index (κ3) is 3.44. The third-order valence-electron chi connectivity index (χ3n) is 3.97. The Hall–Kier alpha value is -0.120. The van der Waals surface area contributed by atoms with Crippen molar-refractivity contribution < 1.29 is 4.74 Å². The van der Waals surface area contributed by atoms with Crippen LogP contribution in [0.5, 0.6) is 0 Å². The number of nitrogens with one attached hydrogen (secondary N) is 1. The lowest BCUT2D eigenvalue weighted by Gasteiger charge is -2.35. The van der Waals surface area contributed by atoms with Gasteiger partial charge in [0.25, 0.3) is 0 Å². The number of methoxy groups -OCH3 is 1. The maximum absolute atomic E-state index is 5.91. The maximum atomic E-state index is 5.91. The van der Waals surface area contributed by atoms with Crippen LogP contribution in [0.15, 0.2) is 0 Å². The lowest BCUT2D eigenvalue weighted by Crippen LogP contribution is -2.57. The summed E-state index contributed by atoms with van der Waals surface area (Å²) in [6.45, 7) is 8.23. The summed E-state index contributed by atoms with van der Waals surface area (Å²) in [4.78, 5) is 0. The second kappa shape index (κ2) is 5.48. The molecule has 0 heterocycles. The molecule has 0 radical (unpaired) electrons. The molecule has 1 aliphatic carbocycles. The molecule has 0 bridgehead atoms. The van der Waals surface area contributed by atoms with Gasteiger partial charge in [0.1, 0.15) is 0 Å². The fraction of sp³-hybridized carbons (Fsp3) is 1.00. The first-order valence-corrected chi connectivity index (χ1v) is 6.44. The van der Waals surface area contributed by atoms with Crippen molar-refractivity contribution >= 4 is 0 Å². The Balaban J connectivity index is 2.55. The van der Waals surface area contributed by atoms with E-state index in [2.05, 4.69) is 26.1 Å². The van der Waals surface area contributed by atoms with Gasteiger partial charge in [-0.25, -0.2) is 0 Å². The van der Waals surface area contributed by atoms with Gasteiger partial charge in [-0.15, -0.1) is 0 Å². The normalized spacial score (nSPS) is 27.9. The second-order valence-corrected chi connectivity index (χ2v) is 6.02. The fourth-order valence-corrected chi connectivity index (χ4v) is 2.78. The van der Waals surface area contributed by atoms with Crippen LogP contribution in [-0.2, 0) is 4.74 Å². The summed E-state index contributed by atoms with van der Waals surface area (Å²) >= 11 is 0. The van der Waals surface area contributed by atoms with Crippen molar-refractivity contribution in [1.82, 2.24) is 5.32 Å². The van der Waals surface area contributed by atoms with Gasteiger partial charge in [-0.1, -0.05) is 20.8 Å². The van der Waals surface area contributed by atoms with E-state index >= 15 is 0 Å². The summed E-state index contributed by atoms with van der Waals surface area (Å²) in [6.07, 6.45) is 4.84. The smallest absolute Gasteiger partial charge is 0.0656 e. The van der Waals surface area contributed by atoms with Gasteiger partial charge in [-0.2, -0.15) is 0 Å². The molecule has 1 aliphatic rings. The summed E-state index contributed by atoms with van der Waals surface area (Å²) < 4.78 is 5.31. The Labute approximate surface area is 100 Å². The summed E-state index contributed by atoms with van der Waals surface area (Å²) in [5.74, 6) is 0. The molecule has 16 heavy (non-hydrogen) atoms. The van der Waals surface area contributed by atoms with Crippen molar-refractivity contribution in [1.29, 1.82) is 0 Å². The van der Waals surface area contributed by atoms with Gasteiger partial charge in [0.15, 0.2) is 0 Å². The Morgan fingerprint density at radius 2 is 2.19 bits per heavy atom. The zero-order chi connectivity index (χ0) is 12.2. The first kappa shape index (κ1) is 13.9. The third-order valence-corrected chi connectivity index (χ3v) is 3.97. The minimum Gasteiger partial charge on any atom is -0.383 e. The Kier molecular flexibility index (Phi) is 4.77. The van der Waals surface area contributed by atoms with Crippen molar-refractivity contribution in [2.24, 2.45) is 11.1 Å². The van der Waals surface area contributed by atoms with Gasteiger partial charge < -0.3 is 15.8 Å². The molecule has 0 aromatic rings. The monoisotopic (exact) mass is 228 g/mol. The maximum Gasteiger partial charge on any atom is 0.0656 e. The van der Waals surface area contributed by atoms with E-state index in [1.54, 1.807) is 7.11 Å². The van der Waals surface area contributed by atoms with E-state index in [1.165, 1.54) is 19.3 Å². The van der Waals surface area contributed by atoms with Crippen LogP contribution in [0.1, 0.15) is 46.5 Å². The first-order valence-electron chi connectivity index (χ1n) is 6.44. The van der Waals surface area contributed by atoms with Crippen LogP contribution in [0.25, 0.3) is 0 Å². The molecule has 0 spiro atoms. The molecule has 0 aromatic heterocycles. The van der Waals surface area contributed by atoms with Gasteiger partial charge in [0, 0.05) is 19.7 Å². The van der Waals surface area contributed by atoms with Crippen molar-refractivity contribution in [3.8, 4) is 0 Å².